The molecule has 1 saturated carbocycles. The van der Waals surface area contributed by atoms with Crippen LogP contribution in [0.4, 0.5) is 4.79 Å². The van der Waals surface area contributed by atoms with Gasteiger partial charge in [-0.15, -0.1) is 0 Å². The van der Waals surface area contributed by atoms with Crippen LogP contribution in [-0.2, 0) is 16.0 Å². The summed E-state index contributed by atoms with van der Waals surface area (Å²) < 4.78 is 7.43. The predicted molar refractivity (Wildman–Crippen MR) is 139 cm³/mol. The van der Waals surface area contributed by atoms with Crippen molar-refractivity contribution in [1.82, 2.24) is 14.5 Å². The molecule has 37 heavy (non-hydrogen) atoms. The van der Waals surface area contributed by atoms with Crippen LogP contribution in [0.5, 0.6) is 0 Å². The lowest BCUT2D eigenvalue weighted by Crippen LogP contribution is -2.44. The monoisotopic (exact) mass is 507 g/mol. The maximum absolute atomic E-state index is 12.8. The second kappa shape index (κ2) is 10.3. The first-order valence-electron chi connectivity index (χ1n) is 13.5. The van der Waals surface area contributed by atoms with Gasteiger partial charge < -0.3 is 19.5 Å². The van der Waals surface area contributed by atoms with Crippen LogP contribution in [0.25, 0.3) is 5.57 Å². The Kier molecular flexibility index (Phi) is 7.12. The number of aliphatic hydroxyl groups excluding tert-OH is 1. The van der Waals surface area contributed by atoms with Gasteiger partial charge in [0.2, 0.25) is 0 Å². The number of carbonyl (C=O) groups is 2. The molecule has 4 unspecified atom stereocenters. The largest absolute Gasteiger partial charge is 0.481 e. The third-order valence-corrected chi connectivity index (χ3v) is 8.54. The van der Waals surface area contributed by atoms with Gasteiger partial charge in [-0.05, 0) is 56.6 Å². The van der Waals surface area contributed by atoms with Gasteiger partial charge in [0.25, 0.3) is 0 Å². The molecule has 1 aliphatic heterocycles. The fourth-order valence-corrected chi connectivity index (χ4v) is 6.75. The molecule has 2 aromatic rings. The van der Waals surface area contributed by atoms with Gasteiger partial charge in [0.1, 0.15) is 5.82 Å². The van der Waals surface area contributed by atoms with E-state index in [9.17, 15) is 19.8 Å². The van der Waals surface area contributed by atoms with Crippen LogP contribution < -0.4 is 0 Å². The molecule has 0 bridgehead atoms. The van der Waals surface area contributed by atoms with Gasteiger partial charge in [-0.25, -0.2) is 9.78 Å². The fourth-order valence-electron chi connectivity index (χ4n) is 6.75. The van der Waals surface area contributed by atoms with Crippen molar-refractivity contribution in [1.29, 1.82) is 0 Å². The number of ether oxygens (including phenoxy) is 1. The molecule has 2 N–H and O–H groups in total. The molecule has 3 aliphatic rings. The summed E-state index contributed by atoms with van der Waals surface area (Å²) in [4.78, 5) is 31.8. The third-order valence-electron chi connectivity index (χ3n) is 8.54. The smallest absolute Gasteiger partial charge is 0.414 e. The minimum Gasteiger partial charge on any atom is -0.481 e. The molecule has 8 nitrogen and oxygen atoms in total. The van der Waals surface area contributed by atoms with Crippen LogP contribution in [0.15, 0.2) is 36.0 Å². The highest BCUT2D eigenvalue weighted by Gasteiger charge is 2.42. The molecule has 5 rings (SSSR count). The number of aliphatic carboxylic acids is 1. The molecule has 1 aromatic heterocycles. The number of rotatable bonds is 5. The Hall–Kier alpha value is -3.13. The van der Waals surface area contributed by atoms with Crippen molar-refractivity contribution >= 4 is 17.6 Å². The van der Waals surface area contributed by atoms with E-state index in [1.807, 2.05) is 30.3 Å². The Morgan fingerprint density at radius 3 is 2.59 bits per heavy atom. The van der Waals surface area contributed by atoms with E-state index in [2.05, 4.69) is 18.4 Å². The standard InChI is InChI=1S/C29H37N3O5/c1-17-14-24-25(22-13-12-18(2)31(26(17)22)29(36)37-3)30-27(23(16-33)19-8-5-4-6-9-19)32(24)21-11-7-10-20(15-21)28(34)35/h4-6,8-9,17-18,20-21,23,33H,7,10-16H2,1-3H3,(H,34,35)/t17?,18-,20?,21?,23?/m0/s1. The Bertz CT molecular complexity index is 1200. The van der Waals surface area contributed by atoms with Crippen molar-refractivity contribution in [2.24, 2.45) is 11.8 Å². The van der Waals surface area contributed by atoms with E-state index in [4.69, 9.17) is 9.72 Å². The maximum Gasteiger partial charge on any atom is 0.414 e. The molecule has 1 aromatic carbocycles. The molecule has 0 spiro atoms. The highest BCUT2D eigenvalue weighted by Crippen LogP contribution is 2.47. The van der Waals surface area contributed by atoms with E-state index in [0.29, 0.717) is 19.3 Å². The second-order valence-electron chi connectivity index (χ2n) is 10.8. The van der Waals surface area contributed by atoms with Crippen LogP contribution in [0.2, 0.25) is 0 Å². The van der Waals surface area contributed by atoms with Gasteiger partial charge in [-0.1, -0.05) is 43.7 Å². The van der Waals surface area contributed by atoms with Crippen molar-refractivity contribution in [3.63, 3.8) is 0 Å². The number of aliphatic hydroxyl groups is 1. The van der Waals surface area contributed by atoms with Gasteiger partial charge >= 0.3 is 12.1 Å². The quantitative estimate of drug-likeness (QED) is 0.592. The molecular weight excluding hydrogens is 470 g/mol. The highest BCUT2D eigenvalue weighted by atomic mass is 16.5. The van der Waals surface area contributed by atoms with Crippen molar-refractivity contribution in [3.05, 3.63) is 58.8 Å². The Balaban J connectivity index is 1.69. The van der Waals surface area contributed by atoms with Crippen molar-refractivity contribution in [3.8, 4) is 0 Å². The first-order valence-corrected chi connectivity index (χ1v) is 13.5. The van der Waals surface area contributed by atoms with Gasteiger partial charge in [-0.2, -0.15) is 0 Å². The maximum atomic E-state index is 12.8. The number of imidazole rings is 1. The van der Waals surface area contributed by atoms with Crippen molar-refractivity contribution in [2.75, 3.05) is 13.7 Å². The lowest BCUT2D eigenvalue weighted by atomic mass is 9.81. The van der Waals surface area contributed by atoms with Gasteiger partial charge in [-0.3, -0.25) is 9.69 Å². The summed E-state index contributed by atoms with van der Waals surface area (Å²) in [5.41, 5.74) is 5.05. The lowest BCUT2D eigenvalue weighted by molar-refractivity contribution is -0.143. The zero-order chi connectivity index (χ0) is 26.3. The molecular formula is C29H37N3O5. The van der Waals surface area contributed by atoms with Crippen LogP contribution >= 0.6 is 0 Å². The Morgan fingerprint density at radius 2 is 1.92 bits per heavy atom. The number of allylic oxidation sites excluding steroid dienone is 2. The number of fused-ring (bicyclic) bond motifs is 2. The first-order chi connectivity index (χ1) is 17.8. The number of aromatic nitrogens is 2. The predicted octanol–water partition coefficient (Wildman–Crippen LogP) is 4.98. The Labute approximate surface area is 218 Å². The molecule has 1 fully saturated rings. The van der Waals surface area contributed by atoms with Crippen molar-refractivity contribution in [2.45, 2.75) is 76.8 Å². The summed E-state index contributed by atoms with van der Waals surface area (Å²) in [5.74, 6) is -0.573. The number of amides is 1. The summed E-state index contributed by atoms with van der Waals surface area (Å²) in [5, 5.41) is 20.4. The van der Waals surface area contributed by atoms with Crippen LogP contribution in [-0.4, -0.2) is 56.5 Å². The zero-order valence-electron chi connectivity index (χ0n) is 21.9. The summed E-state index contributed by atoms with van der Waals surface area (Å²) >= 11 is 0. The molecule has 1 amide bonds. The minimum absolute atomic E-state index is 0.00689. The molecule has 0 saturated heterocycles. The number of carboxylic acid groups (broad SMARTS) is 1. The topological polar surface area (TPSA) is 105 Å². The average Bonchev–Trinajstić information content (AvgIpc) is 3.28. The van der Waals surface area contributed by atoms with Crippen LogP contribution in [0.3, 0.4) is 0 Å². The molecule has 5 atom stereocenters. The molecule has 2 aliphatic carbocycles. The first kappa shape index (κ1) is 25.5. The fraction of sp³-hybridized carbons (Fsp3) is 0.552. The minimum atomic E-state index is -0.740. The number of carbonyl (C=O) groups excluding carboxylic acids is 1. The normalized spacial score (nSPS) is 26.3. The zero-order valence-corrected chi connectivity index (χ0v) is 21.9. The number of benzene rings is 1. The molecule has 198 valence electrons. The molecule has 0 radical (unpaired) electrons. The number of nitrogens with zero attached hydrogens (tertiary/aromatic N) is 3. The molecule has 8 heteroatoms. The number of carboxylic acids is 1. The van der Waals surface area contributed by atoms with Crippen molar-refractivity contribution < 1.29 is 24.5 Å². The van der Waals surface area contributed by atoms with E-state index >= 15 is 0 Å². The summed E-state index contributed by atoms with van der Waals surface area (Å²) in [7, 11) is 1.42. The third kappa shape index (κ3) is 4.45. The molecule has 2 heterocycles. The van der Waals surface area contributed by atoms with Gasteiger partial charge in [0.05, 0.1) is 31.2 Å². The SMILES string of the molecule is COC(=O)N1C2=C(CC[C@@H]1C)c1nc(C(CO)c3ccccc3)n(C3CCCC(C(=O)O)C3)c1CC2C. The number of hydrogen-bond donors (Lipinski definition) is 2. The average molecular weight is 508 g/mol. The lowest BCUT2D eigenvalue weighted by Gasteiger charge is -2.41. The van der Waals surface area contributed by atoms with E-state index in [1.54, 1.807) is 4.90 Å². The highest BCUT2D eigenvalue weighted by molar-refractivity contribution is 5.79. The Morgan fingerprint density at radius 1 is 1.16 bits per heavy atom. The van der Waals surface area contributed by atoms with E-state index in [0.717, 1.165) is 59.7 Å². The van der Waals surface area contributed by atoms with Crippen LogP contribution in [0, 0.1) is 11.8 Å². The number of hydrogen-bond acceptors (Lipinski definition) is 5. The summed E-state index contributed by atoms with van der Waals surface area (Å²) in [6, 6.07) is 9.95. The number of methoxy groups -OCH3 is 1. The van der Waals surface area contributed by atoms with Gasteiger partial charge in [0.15, 0.2) is 0 Å². The second-order valence-corrected chi connectivity index (χ2v) is 10.8. The summed E-state index contributed by atoms with van der Waals surface area (Å²) in [6.45, 7) is 4.10. The van der Waals surface area contributed by atoms with E-state index in [-0.39, 0.29) is 42.5 Å². The van der Waals surface area contributed by atoms with Crippen LogP contribution in [0.1, 0.15) is 87.1 Å². The van der Waals surface area contributed by atoms with E-state index in [1.165, 1.54) is 7.11 Å². The van der Waals surface area contributed by atoms with Gasteiger partial charge in [0, 0.05) is 29.4 Å². The summed E-state index contributed by atoms with van der Waals surface area (Å²) in [6.07, 6.45) is 4.97. The van der Waals surface area contributed by atoms with E-state index < -0.39 is 5.97 Å².